The van der Waals surface area contributed by atoms with Crippen LogP contribution in [0.15, 0.2) is 60.7 Å². The number of hydrogen-bond acceptors (Lipinski definition) is 6. The molecule has 1 saturated carbocycles. The molecule has 7 nitrogen and oxygen atoms in total. The minimum atomic E-state index is -0.198. The van der Waals surface area contributed by atoms with Crippen LogP contribution in [0.4, 0.5) is 27.7 Å². The second kappa shape index (κ2) is 13.7. The van der Waals surface area contributed by atoms with Gasteiger partial charge in [-0.25, -0.2) is 4.39 Å². The van der Waals surface area contributed by atoms with Crippen LogP contribution in [0.5, 0.6) is 0 Å². The number of para-hydroxylation sites is 1. The third-order valence-corrected chi connectivity index (χ3v) is 9.94. The molecule has 3 fully saturated rings. The van der Waals surface area contributed by atoms with Gasteiger partial charge in [0.1, 0.15) is 17.5 Å². The zero-order valence-electron chi connectivity index (χ0n) is 26.1. The molecule has 1 aliphatic carbocycles. The van der Waals surface area contributed by atoms with Crippen LogP contribution >= 0.6 is 12.2 Å². The number of aromatic nitrogens is 2. The van der Waals surface area contributed by atoms with Crippen molar-refractivity contribution in [3.8, 4) is 0 Å². The fourth-order valence-electron chi connectivity index (χ4n) is 7.48. The summed E-state index contributed by atoms with van der Waals surface area (Å²) in [4.78, 5) is 17.2. The van der Waals surface area contributed by atoms with Crippen LogP contribution in [0.25, 0.3) is 0 Å². The number of piperidine rings is 1. The highest BCUT2D eigenvalue weighted by Crippen LogP contribution is 2.39. The van der Waals surface area contributed by atoms with Gasteiger partial charge in [-0.15, -0.1) is 0 Å². The average Bonchev–Trinajstić information content (AvgIpc) is 3.04. The van der Waals surface area contributed by atoms with E-state index in [4.69, 9.17) is 22.2 Å². The molecule has 2 atom stereocenters. The molecule has 2 saturated heterocycles. The summed E-state index contributed by atoms with van der Waals surface area (Å²) in [5, 5.41) is 7.38. The minimum Gasteiger partial charge on any atom is -0.368 e. The molecular formula is C35H46FN7S. The van der Waals surface area contributed by atoms with Crippen LogP contribution in [0.2, 0.25) is 0 Å². The molecule has 3 aliphatic rings. The Balaban J connectivity index is 1.19. The first-order chi connectivity index (χ1) is 21.4. The third kappa shape index (κ3) is 7.25. The molecule has 2 N–H and O–H groups in total. The van der Waals surface area contributed by atoms with Crippen molar-refractivity contribution in [3.05, 3.63) is 72.0 Å². The molecule has 3 aromatic rings. The van der Waals surface area contributed by atoms with E-state index in [-0.39, 0.29) is 11.2 Å². The van der Waals surface area contributed by atoms with E-state index < -0.39 is 0 Å². The number of hydrogen-bond donors (Lipinski definition) is 2. The lowest BCUT2D eigenvalue weighted by molar-refractivity contribution is 0.292. The van der Waals surface area contributed by atoms with Crippen molar-refractivity contribution >= 4 is 40.6 Å². The summed E-state index contributed by atoms with van der Waals surface area (Å²) in [5.41, 5.74) is 2.38. The van der Waals surface area contributed by atoms with Gasteiger partial charge in [0, 0.05) is 63.0 Å². The maximum absolute atomic E-state index is 13.7. The normalized spacial score (nSPS) is 22.0. The van der Waals surface area contributed by atoms with E-state index in [1.54, 1.807) is 12.1 Å². The maximum atomic E-state index is 13.7. The van der Waals surface area contributed by atoms with Crippen molar-refractivity contribution < 1.29 is 4.39 Å². The van der Waals surface area contributed by atoms with Crippen LogP contribution in [0.1, 0.15) is 57.9 Å². The summed E-state index contributed by atoms with van der Waals surface area (Å²) in [6, 6.07) is 19.8. The van der Waals surface area contributed by atoms with Crippen molar-refractivity contribution in [1.82, 2.24) is 15.3 Å². The molecule has 0 bridgehead atoms. The molecule has 0 amide bonds. The van der Waals surface area contributed by atoms with Gasteiger partial charge in [0.2, 0.25) is 5.95 Å². The average molecular weight is 616 g/mol. The maximum Gasteiger partial charge on any atom is 0.232 e. The van der Waals surface area contributed by atoms with Crippen molar-refractivity contribution in [1.29, 1.82) is 0 Å². The van der Waals surface area contributed by atoms with Crippen LogP contribution < -0.4 is 25.3 Å². The van der Waals surface area contributed by atoms with Gasteiger partial charge < -0.3 is 25.3 Å². The number of anilines is 4. The Bertz CT molecular complexity index is 1380. The molecule has 6 rings (SSSR count). The predicted molar refractivity (Wildman–Crippen MR) is 183 cm³/mol. The molecule has 0 spiro atoms. The van der Waals surface area contributed by atoms with E-state index in [1.165, 1.54) is 24.1 Å². The second-order valence-corrected chi connectivity index (χ2v) is 13.6. The van der Waals surface area contributed by atoms with Gasteiger partial charge in [-0.2, -0.15) is 9.97 Å². The molecular weight excluding hydrogens is 569 g/mol. The Kier molecular flexibility index (Phi) is 9.50. The topological polar surface area (TPSA) is 59.6 Å². The van der Waals surface area contributed by atoms with Crippen LogP contribution in [0, 0.1) is 17.7 Å². The van der Waals surface area contributed by atoms with Crippen molar-refractivity contribution in [2.24, 2.45) is 11.8 Å². The van der Waals surface area contributed by atoms with Gasteiger partial charge in [0.25, 0.3) is 0 Å². The number of nitrogens with one attached hydrogen (secondary N) is 2. The Labute approximate surface area is 267 Å². The summed E-state index contributed by atoms with van der Waals surface area (Å²) in [5.74, 6) is 3.46. The van der Waals surface area contributed by atoms with E-state index in [9.17, 15) is 4.39 Å². The molecule has 0 radical (unpaired) electrons. The zero-order chi connectivity index (χ0) is 30.5. The summed E-state index contributed by atoms with van der Waals surface area (Å²) >= 11 is 5.84. The highest BCUT2D eigenvalue weighted by atomic mass is 32.1. The van der Waals surface area contributed by atoms with Crippen LogP contribution in [-0.4, -0.2) is 60.9 Å². The van der Waals surface area contributed by atoms with Crippen molar-refractivity contribution in [2.45, 2.75) is 57.8 Å². The van der Waals surface area contributed by atoms with E-state index in [1.807, 2.05) is 12.1 Å². The number of halogens is 1. The lowest BCUT2D eigenvalue weighted by Gasteiger charge is -2.39. The first-order valence-corrected chi connectivity index (χ1v) is 16.8. The van der Waals surface area contributed by atoms with Gasteiger partial charge in [0.15, 0.2) is 5.11 Å². The second-order valence-electron chi connectivity index (χ2n) is 13.2. The fourth-order valence-corrected chi connectivity index (χ4v) is 7.64. The summed E-state index contributed by atoms with van der Waals surface area (Å²) < 4.78 is 13.7. The van der Waals surface area contributed by atoms with Crippen molar-refractivity contribution in [2.75, 3.05) is 65.8 Å². The van der Waals surface area contributed by atoms with Gasteiger partial charge in [-0.3, -0.25) is 0 Å². The molecule has 2 aromatic carbocycles. The summed E-state index contributed by atoms with van der Waals surface area (Å²) in [6.07, 6.45) is 6.93. The molecule has 234 valence electrons. The monoisotopic (exact) mass is 615 g/mol. The standard InChI is InChI=1S/C35H46FN7S/c1-26-21-27(2)24-43(23-26)32-22-31(42-19-17-41(18-20-42)30-9-5-3-6-10-30)38-33(39-32)40-34(44)37-25-35(15-7-4-8-16-35)28-11-13-29(36)14-12-28/h3,5-6,9-14,22,26-27H,4,7-8,15-21,23-25H2,1-2H3,(H2,37,38,39,40,44)/t26-,27+. The molecule has 9 heteroatoms. The number of rotatable bonds is 7. The first-order valence-electron chi connectivity index (χ1n) is 16.4. The Hall–Kier alpha value is -3.46. The quantitative estimate of drug-likeness (QED) is 0.288. The SMILES string of the molecule is C[C@@H]1C[C@H](C)CN(c2cc(N3CCN(c4ccccc4)CC3)nc(NC(=S)NCC3(c4ccc(F)cc4)CCCCC3)n2)C1. The number of nitrogens with zero attached hydrogens (tertiary/aromatic N) is 5. The largest absolute Gasteiger partial charge is 0.368 e. The first kappa shape index (κ1) is 30.6. The number of thiocarbonyl (C=S) groups is 1. The lowest BCUT2D eigenvalue weighted by atomic mass is 9.69. The zero-order valence-corrected chi connectivity index (χ0v) is 27.0. The molecule has 2 aliphatic heterocycles. The van der Waals surface area contributed by atoms with Gasteiger partial charge in [0.05, 0.1) is 0 Å². The number of piperazine rings is 1. The Morgan fingerprint density at radius 1 is 0.841 bits per heavy atom. The third-order valence-electron chi connectivity index (χ3n) is 9.70. The molecule has 0 unspecified atom stereocenters. The fraction of sp³-hybridized carbons (Fsp3) is 0.514. The van der Waals surface area contributed by atoms with Crippen molar-refractivity contribution in [3.63, 3.8) is 0 Å². The highest BCUT2D eigenvalue weighted by Gasteiger charge is 2.34. The molecule has 3 heterocycles. The summed E-state index contributed by atoms with van der Waals surface area (Å²) in [6.45, 7) is 11.0. The Morgan fingerprint density at radius 2 is 1.45 bits per heavy atom. The smallest absolute Gasteiger partial charge is 0.232 e. The summed E-state index contributed by atoms with van der Waals surface area (Å²) in [7, 11) is 0. The van der Waals surface area contributed by atoms with Crippen LogP contribution in [0.3, 0.4) is 0 Å². The lowest BCUT2D eigenvalue weighted by Crippen LogP contribution is -2.47. The molecule has 1 aromatic heterocycles. The van der Waals surface area contributed by atoms with Crippen LogP contribution in [-0.2, 0) is 5.41 Å². The van der Waals surface area contributed by atoms with E-state index in [2.05, 4.69) is 75.6 Å². The predicted octanol–water partition coefficient (Wildman–Crippen LogP) is 6.61. The molecule has 44 heavy (non-hydrogen) atoms. The van der Waals surface area contributed by atoms with E-state index in [0.29, 0.717) is 29.4 Å². The van der Waals surface area contributed by atoms with E-state index in [0.717, 1.165) is 76.6 Å². The van der Waals surface area contributed by atoms with E-state index >= 15 is 0 Å². The van der Waals surface area contributed by atoms with Gasteiger partial charge in [-0.05, 0) is 73.1 Å². The van der Waals surface area contributed by atoms with Gasteiger partial charge in [-0.1, -0.05) is 63.4 Å². The number of benzene rings is 2. The minimum absolute atomic E-state index is 0.0654. The highest BCUT2D eigenvalue weighted by molar-refractivity contribution is 7.80. The van der Waals surface area contributed by atoms with Gasteiger partial charge >= 0.3 is 0 Å². The Morgan fingerprint density at radius 3 is 2.11 bits per heavy atom.